The lowest BCUT2D eigenvalue weighted by molar-refractivity contribution is -0.142. The molecule has 206 valence electrons. The highest BCUT2D eigenvalue weighted by Gasteiger charge is 2.27. The zero-order chi connectivity index (χ0) is 28.5. The lowest BCUT2D eigenvalue weighted by atomic mass is 10.0. The second kappa shape index (κ2) is 13.3. The molecule has 0 aliphatic carbocycles. The van der Waals surface area contributed by atoms with Gasteiger partial charge in [0.15, 0.2) is 11.5 Å². The summed E-state index contributed by atoms with van der Waals surface area (Å²) in [4.78, 5) is 25.1. The van der Waals surface area contributed by atoms with Crippen LogP contribution in [-0.4, -0.2) is 25.0 Å². The van der Waals surface area contributed by atoms with Crippen LogP contribution in [0.2, 0.25) is 0 Å². The molecule has 9 heteroatoms. The van der Waals surface area contributed by atoms with Gasteiger partial charge in [0.1, 0.15) is 42.3 Å². The van der Waals surface area contributed by atoms with Crippen molar-refractivity contribution in [1.29, 1.82) is 0 Å². The van der Waals surface area contributed by atoms with E-state index in [-0.39, 0.29) is 19.6 Å². The van der Waals surface area contributed by atoms with E-state index in [1.807, 2.05) is 60.7 Å². The van der Waals surface area contributed by atoms with Gasteiger partial charge in [0, 0.05) is 18.6 Å². The van der Waals surface area contributed by atoms with Crippen LogP contribution in [0, 0.1) is 17.5 Å². The van der Waals surface area contributed by atoms with Gasteiger partial charge in [-0.15, -0.1) is 0 Å². The molecule has 1 amide bonds. The maximum absolute atomic E-state index is 14.2. The van der Waals surface area contributed by atoms with Gasteiger partial charge in [-0.3, -0.25) is 4.79 Å². The molecule has 0 aliphatic heterocycles. The van der Waals surface area contributed by atoms with E-state index in [1.165, 1.54) is 0 Å². The molecule has 0 saturated carbocycles. The fourth-order valence-corrected chi connectivity index (χ4v) is 3.94. The van der Waals surface area contributed by atoms with Crippen molar-refractivity contribution in [3.05, 3.63) is 131 Å². The number of carbonyl (C=O) groups excluding carboxylic acids is 2. The summed E-state index contributed by atoms with van der Waals surface area (Å²) in [5, 5.41) is 2.28. The zero-order valence-corrected chi connectivity index (χ0v) is 21.5. The molecule has 0 spiro atoms. The standard InChI is InChI=1S/C31H26F3NO5/c1-38-31(37)26(35-30(36)29-24(33)16-23(32)17-25(29)34)14-22-12-13-27(39-18-20-8-4-2-5-9-20)28(15-22)40-19-21-10-6-3-7-11-21/h2-13,15-17,26H,14,18-19H2,1H3,(H,35,36)/t26-/m0/s1. The topological polar surface area (TPSA) is 73.9 Å². The van der Waals surface area contributed by atoms with E-state index in [0.29, 0.717) is 29.2 Å². The molecule has 4 aromatic carbocycles. The molecule has 0 saturated heterocycles. The van der Waals surface area contributed by atoms with Crippen LogP contribution in [0.25, 0.3) is 0 Å². The molecule has 0 aliphatic rings. The summed E-state index contributed by atoms with van der Waals surface area (Å²) >= 11 is 0. The number of benzene rings is 4. The molecule has 0 aromatic heterocycles. The van der Waals surface area contributed by atoms with Crippen LogP contribution in [0.4, 0.5) is 13.2 Å². The largest absolute Gasteiger partial charge is 0.485 e. The summed E-state index contributed by atoms with van der Waals surface area (Å²) in [6.45, 7) is 0.532. The predicted octanol–water partition coefficient (Wildman–Crippen LogP) is 5.78. The maximum atomic E-state index is 14.2. The van der Waals surface area contributed by atoms with Crippen LogP contribution < -0.4 is 14.8 Å². The Bertz CT molecular complexity index is 1440. The van der Waals surface area contributed by atoms with Gasteiger partial charge in [0.2, 0.25) is 0 Å². The van der Waals surface area contributed by atoms with Gasteiger partial charge in [-0.05, 0) is 28.8 Å². The quantitative estimate of drug-likeness (QED) is 0.240. The minimum absolute atomic E-state index is 0.0937. The lowest BCUT2D eigenvalue weighted by Gasteiger charge is -2.19. The van der Waals surface area contributed by atoms with E-state index in [9.17, 15) is 22.8 Å². The summed E-state index contributed by atoms with van der Waals surface area (Å²) in [5.74, 6) is -5.18. The number of methoxy groups -OCH3 is 1. The Morgan fingerprint density at radius 2 is 1.27 bits per heavy atom. The van der Waals surface area contributed by atoms with Crippen molar-refractivity contribution in [2.75, 3.05) is 7.11 Å². The minimum atomic E-state index is -1.39. The molecular weight excluding hydrogens is 523 g/mol. The molecule has 4 rings (SSSR count). The van der Waals surface area contributed by atoms with Crippen molar-refractivity contribution in [2.24, 2.45) is 0 Å². The maximum Gasteiger partial charge on any atom is 0.328 e. The van der Waals surface area contributed by atoms with Gasteiger partial charge < -0.3 is 19.5 Å². The highest BCUT2D eigenvalue weighted by Crippen LogP contribution is 2.31. The average molecular weight is 550 g/mol. The number of hydrogen-bond donors (Lipinski definition) is 1. The lowest BCUT2D eigenvalue weighted by Crippen LogP contribution is -2.43. The number of amides is 1. The molecule has 0 unspecified atom stereocenters. The fourth-order valence-electron chi connectivity index (χ4n) is 3.94. The van der Waals surface area contributed by atoms with Gasteiger partial charge in [0.05, 0.1) is 7.11 Å². The third-order valence-corrected chi connectivity index (χ3v) is 5.95. The number of esters is 1. The number of ether oxygens (including phenoxy) is 3. The SMILES string of the molecule is COC(=O)[C@H](Cc1ccc(OCc2ccccc2)c(OCc2ccccc2)c1)NC(=O)c1c(F)cc(F)cc1F. The van der Waals surface area contributed by atoms with E-state index < -0.39 is 40.9 Å². The molecular formula is C31H26F3NO5. The summed E-state index contributed by atoms with van der Waals surface area (Å²) in [7, 11) is 1.12. The van der Waals surface area contributed by atoms with Gasteiger partial charge in [0.25, 0.3) is 5.91 Å². The monoisotopic (exact) mass is 549 g/mol. The normalized spacial score (nSPS) is 11.4. The fraction of sp³-hybridized carbons (Fsp3) is 0.161. The van der Waals surface area contributed by atoms with Crippen LogP contribution in [0.1, 0.15) is 27.0 Å². The third-order valence-electron chi connectivity index (χ3n) is 5.95. The van der Waals surface area contributed by atoms with E-state index in [0.717, 1.165) is 18.2 Å². The molecule has 1 N–H and O–H groups in total. The van der Waals surface area contributed by atoms with Crippen molar-refractivity contribution >= 4 is 11.9 Å². The van der Waals surface area contributed by atoms with E-state index in [1.54, 1.807) is 18.2 Å². The molecule has 40 heavy (non-hydrogen) atoms. The second-order valence-corrected chi connectivity index (χ2v) is 8.83. The minimum Gasteiger partial charge on any atom is -0.485 e. The van der Waals surface area contributed by atoms with Gasteiger partial charge >= 0.3 is 5.97 Å². The van der Waals surface area contributed by atoms with Crippen LogP contribution in [0.15, 0.2) is 91.0 Å². The Hall–Kier alpha value is -4.79. The highest BCUT2D eigenvalue weighted by molar-refractivity contribution is 5.97. The molecule has 0 bridgehead atoms. The number of hydrogen-bond acceptors (Lipinski definition) is 5. The van der Waals surface area contributed by atoms with Crippen molar-refractivity contribution < 1.29 is 37.0 Å². The van der Waals surface area contributed by atoms with Gasteiger partial charge in [-0.1, -0.05) is 66.7 Å². The van der Waals surface area contributed by atoms with Crippen molar-refractivity contribution in [1.82, 2.24) is 5.32 Å². The second-order valence-electron chi connectivity index (χ2n) is 8.83. The van der Waals surface area contributed by atoms with E-state index in [4.69, 9.17) is 14.2 Å². The highest BCUT2D eigenvalue weighted by atomic mass is 19.1. The Kier molecular flexibility index (Phi) is 9.40. The van der Waals surface area contributed by atoms with Crippen LogP contribution in [0.3, 0.4) is 0 Å². The van der Waals surface area contributed by atoms with Crippen LogP contribution in [-0.2, 0) is 29.2 Å². The molecule has 0 radical (unpaired) electrons. The molecule has 4 aromatic rings. The van der Waals surface area contributed by atoms with Crippen LogP contribution >= 0.6 is 0 Å². The summed E-state index contributed by atoms with van der Waals surface area (Å²) < 4.78 is 58.4. The predicted molar refractivity (Wildman–Crippen MR) is 141 cm³/mol. The number of rotatable bonds is 11. The van der Waals surface area contributed by atoms with Crippen molar-refractivity contribution in [3.63, 3.8) is 0 Å². The van der Waals surface area contributed by atoms with E-state index >= 15 is 0 Å². The van der Waals surface area contributed by atoms with Crippen molar-refractivity contribution in [2.45, 2.75) is 25.7 Å². The average Bonchev–Trinajstić information content (AvgIpc) is 2.95. The zero-order valence-electron chi connectivity index (χ0n) is 21.5. The third kappa shape index (κ3) is 7.41. The molecule has 0 fully saturated rings. The first-order chi connectivity index (χ1) is 19.3. The summed E-state index contributed by atoms with van der Waals surface area (Å²) in [5.41, 5.74) is 1.41. The number of carbonyl (C=O) groups is 2. The molecule has 6 nitrogen and oxygen atoms in total. The van der Waals surface area contributed by atoms with Crippen LogP contribution in [0.5, 0.6) is 11.5 Å². The number of halogens is 3. The van der Waals surface area contributed by atoms with Gasteiger partial charge in [-0.25, -0.2) is 18.0 Å². The first-order valence-electron chi connectivity index (χ1n) is 12.3. The smallest absolute Gasteiger partial charge is 0.328 e. The Labute approximate surface area is 229 Å². The first-order valence-corrected chi connectivity index (χ1v) is 12.3. The first kappa shape index (κ1) is 28.2. The van der Waals surface area contributed by atoms with Crippen molar-refractivity contribution in [3.8, 4) is 11.5 Å². The molecule has 0 heterocycles. The summed E-state index contributed by atoms with van der Waals surface area (Å²) in [6, 6.07) is 23.5. The number of nitrogens with one attached hydrogen (secondary N) is 1. The van der Waals surface area contributed by atoms with E-state index in [2.05, 4.69) is 5.32 Å². The van der Waals surface area contributed by atoms with Gasteiger partial charge in [-0.2, -0.15) is 0 Å². The molecule has 1 atom stereocenters. The Morgan fingerprint density at radius 3 is 1.82 bits per heavy atom. The summed E-state index contributed by atoms with van der Waals surface area (Å²) in [6.07, 6.45) is -0.0937. The Morgan fingerprint density at radius 1 is 0.725 bits per heavy atom. The Balaban J connectivity index is 1.56.